The summed E-state index contributed by atoms with van der Waals surface area (Å²) in [5, 5.41) is 0. The maximum atomic E-state index is 11.6. The summed E-state index contributed by atoms with van der Waals surface area (Å²) >= 11 is 0. The summed E-state index contributed by atoms with van der Waals surface area (Å²) in [5.41, 5.74) is 5.13. The molecule has 2 N–H and O–H groups in total. The van der Waals surface area contributed by atoms with Gasteiger partial charge >= 0.3 is 0 Å². The lowest BCUT2D eigenvalue weighted by Gasteiger charge is -2.19. The molecule has 1 aliphatic heterocycles. The minimum absolute atomic E-state index is 0.0836. The van der Waals surface area contributed by atoms with Gasteiger partial charge in [0.05, 0.1) is 6.61 Å². The third-order valence-electron chi connectivity index (χ3n) is 2.33. The van der Waals surface area contributed by atoms with Crippen molar-refractivity contribution in [3.63, 3.8) is 0 Å². The van der Waals surface area contributed by atoms with E-state index in [1.165, 1.54) is 0 Å². The SMILES string of the molecule is C#CCCCC(=O)C1(N)CCOC1. The fourth-order valence-corrected chi connectivity index (χ4v) is 1.40. The van der Waals surface area contributed by atoms with Crippen LogP contribution in [0.15, 0.2) is 0 Å². The van der Waals surface area contributed by atoms with Crippen molar-refractivity contribution in [1.29, 1.82) is 0 Å². The number of ether oxygens (including phenoxy) is 1. The number of carbonyl (C=O) groups is 1. The van der Waals surface area contributed by atoms with Crippen LogP contribution < -0.4 is 5.73 Å². The van der Waals surface area contributed by atoms with E-state index in [4.69, 9.17) is 16.9 Å². The van der Waals surface area contributed by atoms with Crippen LogP contribution >= 0.6 is 0 Å². The van der Waals surface area contributed by atoms with Gasteiger partial charge in [0.1, 0.15) is 5.54 Å². The zero-order valence-electron chi connectivity index (χ0n) is 7.71. The molecule has 1 saturated heterocycles. The molecule has 72 valence electrons. The molecular weight excluding hydrogens is 166 g/mol. The second kappa shape index (κ2) is 4.40. The van der Waals surface area contributed by atoms with Crippen LogP contribution in [0.3, 0.4) is 0 Å². The zero-order chi connectivity index (χ0) is 9.73. The molecule has 13 heavy (non-hydrogen) atoms. The Kier molecular flexibility index (Phi) is 3.47. The number of hydrogen-bond acceptors (Lipinski definition) is 3. The monoisotopic (exact) mass is 181 g/mol. The van der Waals surface area contributed by atoms with E-state index >= 15 is 0 Å². The minimum Gasteiger partial charge on any atom is -0.379 e. The van der Waals surface area contributed by atoms with Crippen molar-refractivity contribution in [2.75, 3.05) is 13.2 Å². The molecule has 0 saturated carbocycles. The van der Waals surface area contributed by atoms with Crippen molar-refractivity contribution in [3.8, 4) is 12.3 Å². The van der Waals surface area contributed by atoms with E-state index in [1.54, 1.807) is 0 Å². The van der Waals surface area contributed by atoms with Gasteiger partial charge in [0, 0.05) is 19.4 Å². The number of rotatable bonds is 4. The molecule has 0 aliphatic carbocycles. The first-order valence-corrected chi connectivity index (χ1v) is 4.52. The summed E-state index contributed by atoms with van der Waals surface area (Å²) < 4.78 is 5.10. The Balaban J connectivity index is 2.34. The average Bonchev–Trinajstić information content (AvgIpc) is 2.54. The van der Waals surface area contributed by atoms with Gasteiger partial charge in [-0.3, -0.25) is 4.79 Å². The van der Waals surface area contributed by atoms with Gasteiger partial charge in [0.2, 0.25) is 0 Å². The predicted octanol–water partition coefficient (Wildman–Crippen LogP) is 0.477. The number of unbranched alkanes of at least 4 members (excludes halogenated alkanes) is 1. The topological polar surface area (TPSA) is 52.3 Å². The van der Waals surface area contributed by atoms with E-state index < -0.39 is 5.54 Å². The fraction of sp³-hybridized carbons (Fsp3) is 0.700. The Hall–Kier alpha value is -0.850. The number of carbonyl (C=O) groups excluding carboxylic acids is 1. The van der Waals surface area contributed by atoms with Gasteiger partial charge in [-0.05, 0) is 12.8 Å². The first-order chi connectivity index (χ1) is 6.19. The highest BCUT2D eigenvalue weighted by Gasteiger charge is 2.36. The first-order valence-electron chi connectivity index (χ1n) is 4.52. The Morgan fingerprint density at radius 2 is 2.46 bits per heavy atom. The normalized spacial score (nSPS) is 27.1. The van der Waals surface area contributed by atoms with Crippen LogP contribution in [0.1, 0.15) is 25.7 Å². The van der Waals surface area contributed by atoms with Crippen LogP contribution in [-0.4, -0.2) is 24.5 Å². The van der Waals surface area contributed by atoms with E-state index in [2.05, 4.69) is 5.92 Å². The molecular formula is C10H15NO2. The number of nitrogens with two attached hydrogens (primary N) is 1. The van der Waals surface area contributed by atoms with Crippen molar-refractivity contribution >= 4 is 5.78 Å². The summed E-state index contributed by atoms with van der Waals surface area (Å²) in [4.78, 5) is 11.6. The molecule has 3 heteroatoms. The fourth-order valence-electron chi connectivity index (χ4n) is 1.40. The standard InChI is InChI=1S/C10H15NO2/c1-2-3-4-5-9(12)10(11)6-7-13-8-10/h1H,3-8,11H2. The number of Topliss-reactive ketones (excluding diaryl/α,β-unsaturated/α-hetero) is 1. The molecule has 1 rings (SSSR count). The third kappa shape index (κ3) is 2.55. The Labute approximate surface area is 78.6 Å². The van der Waals surface area contributed by atoms with Crippen molar-refractivity contribution in [1.82, 2.24) is 0 Å². The van der Waals surface area contributed by atoms with Gasteiger partial charge < -0.3 is 10.5 Å². The van der Waals surface area contributed by atoms with Crippen LogP contribution in [-0.2, 0) is 9.53 Å². The second-order valence-electron chi connectivity index (χ2n) is 3.44. The molecule has 3 nitrogen and oxygen atoms in total. The van der Waals surface area contributed by atoms with Crippen molar-refractivity contribution in [2.24, 2.45) is 5.73 Å². The molecule has 0 aromatic rings. The molecule has 1 aliphatic rings. The molecule has 0 aromatic carbocycles. The van der Waals surface area contributed by atoms with Crippen molar-refractivity contribution < 1.29 is 9.53 Å². The summed E-state index contributed by atoms with van der Waals surface area (Å²) in [6, 6.07) is 0. The Morgan fingerprint density at radius 1 is 1.69 bits per heavy atom. The van der Waals surface area contributed by atoms with E-state index in [0.29, 0.717) is 32.5 Å². The van der Waals surface area contributed by atoms with E-state index in [9.17, 15) is 4.79 Å². The minimum atomic E-state index is -0.728. The highest BCUT2D eigenvalue weighted by molar-refractivity contribution is 5.88. The molecule has 0 spiro atoms. The summed E-state index contributed by atoms with van der Waals surface area (Å²) in [6.07, 6.45) is 7.57. The van der Waals surface area contributed by atoms with Crippen LogP contribution in [0, 0.1) is 12.3 Å². The van der Waals surface area contributed by atoms with Crippen LogP contribution in [0.2, 0.25) is 0 Å². The maximum Gasteiger partial charge on any atom is 0.155 e. The van der Waals surface area contributed by atoms with Gasteiger partial charge in [-0.25, -0.2) is 0 Å². The molecule has 0 bridgehead atoms. The Morgan fingerprint density at radius 3 is 3.00 bits per heavy atom. The number of terminal acetylenes is 1. The van der Waals surface area contributed by atoms with Crippen LogP contribution in [0.4, 0.5) is 0 Å². The predicted molar refractivity (Wildman–Crippen MR) is 50.0 cm³/mol. The van der Waals surface area contributed by atoms with E-state index in [0.717, 1.165) is 6.42 Å². The lowest BCUT2D eigenvalue weighted by Crippen LogP contribution is -2.48. The lowest BCUT2D eigenvalue weighted by molar-refractivity contribution is -0.124. The second-order valence-corrected chi connectivity index (χ2v) is 3.44. The summed E-state index contributed by atoms with van der Waals surface area (Å²) in [6.45, 7) is 0.958. The van der Waals surface area contributed by atoms with Crippen molar-refractivity contribution in [3.05, 3.63) is 0 Å². The molecule has 1 heterocycles. The van der Waals surface area contributed by atoms with E-state index in [-0.39, 0.29) is 5.78 Å². The lowest BCUT2D eigenvalue weighted by atomic mass is 9.91. The highest BCUT2D eigenvalue weighted by atomic mass is 16.5. The third-order valence-corrected chi connectivity index (χ3v) is 2.33. The quantitative estimate of drug-likeness (QED) is 0.507. The van der Waals surface area contributed by atoms with Gasteiger partial charge in [-0.1, -0.05) is 0 Å². The average molecular weight is 181 g/mol. The summed E-state index contributed by atoms with van der Waals surface area (Å²) in [5.74, 6) is 2.59. The molecule has 0 amide bonds. The van der Waals surface area contributed by atoms with E-state index in [1.807, 2.05) is 0 Å². The molecule has 0 radical (unpaired) electrons. The smallest absolute Gasteiger partial charge is 0.155 e. The largest absolute Gasteiger partial charge is 0.379 e. The van der Waals surface area contributed by atoms with Crippen LogP contribution in [0.5, 0.6) is 0 Å². The van der Waals surface area contributed by atoms with Gasteiger partial charge in [-0.2, -0.15) is 0 Å². The first kappa shape index (κ1) is 10.2. The van der Waals surface area contributed by atoms with Crippen molar-refractivity contribution in [2.45, 2.75) is 31.2 Å². The molecule has 1 unspecified atom stereocenters. The molecule has 0 aromatic heterocycles. The molecule has 1 fully saturated rings. The van der Waals surface area contributed by atoms with Gasteiger partial charge in [0.25, 0.3) is 0 Å². The zero-order valence-corrected chi connectivity index (χ0v) is 7.71. The summed E-state index contributed by atoms with van der Waals surface area (Å²) in [7, 11) is 0. The number of hydrogen-bond donors (Lipinski definition) is 1. The molecule has 1 atom stereocenters. The maximum absolute atomic E-state index is 11.6. The van der Waals surface area contributed by atoms with Gasteiger partial charge in [-0.15, -0.1) is 12.3 Å². The number of ketones is 1. The van der Waals surface area contributed by atoms with Crippen LogP contribution in [0.25, 0.3) is 0 Å². The Bertz CT molecular complexity index is 224. The van der Waals surface area contributed by atoms with Gasteiger partial charge in [0.15, 0.2) is 5.78 Å². The highest BCUT2D eigenvalue weighted by Crippen LogP contribution is 2.18.